The summed E-state index contributed by atoms with van der Waals surface area (Å²) in [6.07, 6.45) is 2.19. The van der Waals surface area contributed by atoms with Crippen molar-refractivity contribution in [1.82, 2.24) is 4.90 Å². The predicted molar refractivity (Wildman–Crippen MR) is 89.2 cm³/mol. The van der Waals surface area contributed by atoms with Crippen LogP contribution < -0.4 is 9.47 Å². The summed E-state index contributed by atoms with van der Waals surface area (Å²) in [6.45, 7) is 4.31. The van der Waals surface area contributed by atoms with Crippen LogP contribution in [0.1, 0.15) is 32.5 Å². The van der Waals surface area contributed by atoms with E-state index in [1.807, 2.05) is 23.5 Å². The van der Waals surface area contributed by atoms with Crippen molar-refractivity contribution in [1.29, 1.82) is 0 Å². The molecule has 2 aliphatic rings. The van der Waals surface area contributed by atoms with Gasteiger partial charge in [-0.25, -0.2) is 0 Å². The van der Waals surface area contributed by atoms with Crippen LogP contribution in [-0.2, 0) is 19.4 Å². The van der Waals surface area contributed by atoms with Crippen LogP contribution in [0, 0.1) is 6.92 Å². The second-order valence-corrected chi connectivity index (χ2v) is 7.44. The van der Waals surface area contributed by atoms with Gasteiger partial charge < -0.3 is 9.47 Å². The standard InChI is InChI=1S/C18H21NO2S/c1-11-8-13-15-9-12-14(10-19(15)7-6-18(13)22-11)17(21-3)5-4-16(12)20-2/h4-5,8,15H,6-7,9-10H2,1-3H3. The van der Waals surface area contributed by atoms with E-state index >= 15 is 0 Å². The predicted octanol–water partition coefficient (Wildman–Crippen LogP) is 3.73. The average Bonchev–Trinajstić information content (AvgIpc) is 2.92. The fourth-order valence-corrected chi connectivity index (χ4v) is 4.99. The van der Waals surface area contributed by atoms with Crippen LogP contribution in [0.3, 0.4) is 0 Å². The summed E-state index contributed by atoms with van der Waals surface area (Å²) in [7, 11) is 3.51. The molecule has 2 aromatic rings. The Bertz CT molecular complexity index is 722. The molecule has 2 aliphatic heterocycles. The lowest BCUT2D eigenvalue weighted by atomic mass is 9.86. The van der Waals surface area contributed by atoms with Gasteiger partial charge in [-0.3, -0.25) is 4.90 Å². The third-order valence-electron chi connectivity index (χ3n) is 4.93. The Morgan fingerprint density at radius 2 is 1.86 bits per heavy atom. The zero-order chi connectivity index (χ0) is 15.3. The molecular formula is C18H21NO2S. The Balaban J connectivity index is 1.81. The van der Waals surface area contributed by atoms with E-state index in [1.165, 1.54) is 28.0 Å². The van der Waals surface area contributed by atoms with E-state index in [0.717, 1.165) is 31.0 Å². The van der Waals surface area contributed by atoms with Gasteiger partial charge in [-0.15, -0.1) is 11.3 Å². The van der Waals surface area contributed by atoms with Gasteiger partial charge in [-0.2, -0.15) is 0 Å². The Morgan fingerprint density at radius 1 is 1.14 bits per heavy atom. The van der Waals surface area contributed by atoms with Crippen molar-refractivity contribution in [3.8, 4) is 11.5 Å². The molecule has 0 fully saturated rings. The second kappa shape index (κ2) is 5.28. The Hall–Kier alpha value is -1.52. The van der Waals surface area contributed by atoms with Gasteiger partial charge in [0, 0.05) is 40.0 Å². The van der Waals surface area contributed by atoms with Gasteiger partial charge in [0.05, 0.1) is 14.2 Å². The van der Waals surface area contributed by atoms with E-state index in [1.54, 1.807) is 19.1 Å². The van der Waals surface area contributed by atoms with Gasteiger partial charge in [0.2, 0.25) is 0 Å². The first-order valence-electron chi connectivity index (χ1n) is 7.77. The number of aryl methyl sites for hydroxylation is 1. The normalized spacial score (nSPS) is 20.0. The van der Waals surface area contributed by atoms with Crippen molar-refractivity contribution in [2.45, 2.75) is 32.4 Å². The van der Waals surface area contributed by atoms with Crippen LogP contribution in [0.15, 0.2) is 18.2 Å². The zero-order valence-corrected chi connectivity index (χ0v) is 14.1. The molecule has 3 heterocycles. The first-order chi connectivity index (χ1) is 10.7. The summed E-state index contributed by atoms with van der Waals surface area (Å²) in [5.74, 6) is 1.98. The van der Waals surface area contributed by atoms with E-state index in [0.29, 0.717) is 6.04 Å². The van der Waals surface area contributed by atoms with Crippen LogP contribution in [0.5, 0.6) is 11.5 Å². The van der Waals surface area contributed by atoms with Gasteiger partial charge in [-0.05, 0) is 43.5 Å². The molecule has 0 bridgehead atoms. The van der Waals surface area contributed by atoms with Gasteiger partial charge in [0.1, 0.15) is 11.5 Å². The molecule has 3 nitrogen and oxygen atoms in total. The smallest absolute Gasteiger partial charge is 0.123 e. The molecule has 4 rings (SSSR count). The molecule has 1 aromatic carbocycles. The second-order valence-electron chi connectivity index (χ2n) is 6.10. The molecule has 22 heavy (non-hydrogen) atoms. The summed E-state index contributed by atoms with van der Waals surface area (Å²) in [5.41, 5.74) is 4.15. The maximum atomic E-state index is 5.61. The topological polar surface area (TPSA) is 21.7 Å². The molecule has 1 unspecified atom stereocenters. The molecule has 4 heteroatoms. The number of thiophene rings is 1. The molecule has 0 radical (unpaired) electrons. The van der Waals surface area contributed by atoms with Gasteiger partial charge in [-0.1, -0.05) is 0 Å². The maximum absolute atomic E-state index is 5.61. The number of nitrogens with zero attached hydrogens (tertiary/aromatic N) is 1. The largest absolute Gasteiger partial charge is 0.496 e. The van der Waals surface area contributed by atoms with Crippen LogP contribution in [0.4, 0.5) is 0 Å². The summed E-state index contributed by atoms with van der Waals surface area (Å²) in [6, 6.07) is 6.94. The summed E-state index contributed by atoms with van der Waals surface area (Å²) in [5, 5.41) is 0. The summed E-state index contributed by atoms with van der Waals surface area (Å²) >= 11 is 1.96. The molecule has 0 N–H and O–H groups in total. The number of benzene rings is 1. The summed E-state index contributed by atoms with van der Waals surface area (Å²) < 4.78 is 11.2. The average molecular weight is 315 g/mol. The molecule has 0 spiro atoms. The lowest BCUT2D eigenvalue weighted by Gasteiger charge is -2.41. The van der Waals surface area contributed by atoms with E-state index in [4.69, 9.17) is 9.47 Å². The molecular weight excluding hydrogens is 294 g/mol. The minimum absolute atomic E-state index is 0.488. The number of fused-ring (bicyclic) bond motifs is 4. The van der Waals surface area contributed by atoms with Crippen LogP contribution in [0.25, 0.3) is 0 Å². The van der Waals surface area contributed by atoms with Crippen LogP contribution in [0.2, 0.25) is 0 Å². The van der Waals surface area contributed by atoms with E-state index < -0.39 is 0 Å². The van der Waals surface area contributed by atoms with Gasteiger partial charge in [0.15, 0.2) is 0 Å². The Kier molecular flexibility index (Phi) is 3.39. The monoisotopic (exact) mass is 315 g/mol. The van der Waals surface area contributed by atoms with Gasteiger partial charge >= 0.3 is 0 Å². The zero-order valence-electron chi connectivity index (χ0n) is 13.3. The third-order valence-corrected chi connectivity index (χ3v) is 6.06. The first-order valence-corrected chi connectivity index (χ1v) is 8.59. The highest BCUT2D eigenvalue weighted by atomic mass is 32.1. The van der Waals surface area contributed by atoms with E-state index in [2.05, 4.69) is 17.9 Å². The lowest BCUT2D eigenvalue weighted by molar-refractivity contribution is 0.158. The molecule has 0 saturated carbocycles. The van der Waals surface area contributed by atoms with E-state index in [-0.39, 0.29) is 0 Å². The SMILES string of the molecule is COc1ccc(OC)c2c1CC1c3cc(C)sc3CCN1C2. The first kappa shape index (κ1) is 14.1. The fourth-order valence-electron chi connectivity index (χ4n) is 3.91. The number of hydrogen-bond acceptors (Lipinski definition) is 4. The molecule has 116 valence electrons. The number of ether oxygens (including phenoxy) is 2. The quantitative estimate of drug-likeness (QED) is 0.843. The Morgan fingerprint density at radius 3 is 2.59 bits per heavy atom. The lowest BCUT2D eigenvalue weighted by Crippen LogP contribution is -2.39. The minimum Gasteiger partial charge on any atom is -0.496 e. The number of rotatable bonds is 2. The van der Waals surface area contributed by atoms with Crippen molar-refractivity contribution < 1.29 is 9.47 Å². The third kappa shape index (κ3) is 2.05. The van der Waals surface area contributed by atoms with Crippen molar-refractivity contribution in [2.24, 2.45) is 0 Å². The van der Waals surface area contributed by atoms with Crippen LogP contribution >= 0.6 is 11.3 Å². The van der Waals surface area contributed by atoms with Crippen molar-refractivity contribution in [2.75, 3.05) is 20.8 Å². The number of methoxy groups -OCH3 is 2. The molecule has 0 amide bonds. The van der Waals surface area contributed by atoms with Crippen molar-refractivity contribution >= 4 is 11.3 Å². The van der Waals surface area contributed by atoms with Crippen molar-refractivity contribution in [3.05, 3.63) is 44.6 Å². The minimum atomic E-state index is 0.488. The maximum Gasteiger partial charge on any atom is 0.123 e. The van der Waals surface area contributed by atoms with Crippen LogP contribution in [-0.4, -0.2) is 25.7 Å². The van der Waals surface area contributed by atoms with E-state index in [9.17, 15) is 0 Å². The highest BCUT2D eigenvalue weighted by Crippen LogP contribution is 2.45. The fraction of sp³-hybridized carbons (Fsp3) is 0.444. The van der Waals surface area contributed by atoms with Crippen molar-refractivity contribution in [3.63, 3.8) is 0 Å². The van der Waals surface area contributed by atoms with Gasteiger partial charge in [0.25, 0.3) is 0 Å². The Labute approximate surface area is 135 Å². The molecule has 0 saturated heterocycles. The molecule has 0 aliphatic carbocycles. The summed E-state index contributed by atoms with van der Waals surface area (Å²) in [4.78, 5) is 5.60. The molecule has 1 aromatic heterocycles. The highest BCUT2D eigenvalue weighted by molar-refractivity contribution is 7.12. The highest BCUT2D eigenvalue weighted by Gasteiger charge is 2.35. The molecule has 1 atom stereocenters. The number of hydrogen-bond donors (Lipinski definition) is 0.